The van der Waals surface area contributed by atoms with Gasteiger partial charge in [-0.1, -0.05) is 11.6 Å². The van der Waals surface area contributed by atoms with Crippen LogP contribution in [-0.4, -0.2) is 53.4 Å². The Hall–Kier alpha value is -1.80. The van der Waals surface area contributed by atoms with E-state index in [0.717, 1.165) is 12.3 Å². The smallest absolute Gasteiger partial charge is 0.474 e. The van der Waals surface area contributed by atoms with Gasteiger partial charge >= 0.3 is 21.7 Å². The predicted octanol–water partition coefficient (Wildman–Crippen LogP) is 2.23. The minimum absolute atomic E-state index is 0.342. The van der Waals surface area contributed by atoms with Crippen molar-refractivity contribution in [1.29, 1.82) is 0 Å². The fraction of sp³-hybridized carbons (Fsp3) is 0.500. The molecule has 0 bridgehead atoms. The Morgan fingerprint density at radius 3 is 2.30 bits per heavy atom. The van der Waals surface area contributed by atoms with Crippen LogP contribution >= 0.6 is 11.6 Å². The molecule has 2 N–H and O–H groups in total. The first kappa shape index (κ1) is 23.2. The lowest BCUT2D eigenvalue weighted by molar-refractivity contribution is -0.144. The Morgan fingerprint density at radius 2 is 1.85 bits per heavy atom. The average Bonchev–Trinajstić information content (AvgIpc) is 2.48. The highest BCUT2D eigenvalue weighted by Gasteiger charge is 2.57. The lowest BCUT2D eigenvalue weighted by atomic mass is 10.2. The van der Waals surface area contributed by atoms with Gasteiger partial charge in [-0.2, -0.15) is 30.6 Å². The molecular weight excluding hydrogens is 432 g/mol. The highest BCUT2D eigenvalue weighted by molar-refractivity contribution is 7.90. The molecule has 0 saturated heterocycles. The Balaban J connectivity index is 3.24. The number of nitrogens with zero attached hydrogens (tertiary/aromatic N) is 2. The largest absolute Gasteiger partial charge is 0.511 e. The lowest BCUT2D eigenvalue weighted by Gasteiger charge is -2.35. The summed E-state index contributed by atoms with van der Waals surface area (Å²) in [6.07, 6.45) is -4.24. The number of nitrogens with two attached hydrogens (primary N) is 1. The monoisotopic (exact) mass is 443 g/mol. The van der Waals surface area contributed by atoms with Gasteiger partial charge in [-0.05, 0) is 19.1 Å². The topological polar surface area (TPSA) is 103 Å². The van der Waals surface area contributed by atoms with Gasteiger partial charge in [0, 0.05) is 6.20 Å². The molecule has 0 fully saturated rings. The molecule has 0 unspecified atom stereocenters. The van der Waals surface area contributed by atoms with Crippen LogP contribution < -0.4 is 10.5 Å². The summed E-state index contributed by atoms with van der Waals surface area (Å²) in [5.41, 5.74) is -1.36. The Labute approximate surface area is 154 Å². The summed E-state index contributed by atoms with van der Waals surface area (Å²) in [5, 5.41) is 0. The molecule has 0 aromatic carbocycles. The normalized spacial score (nSPS) is 15.4. The van der Waals surface area contributed by atoms with Crippen LogP contribution in [0.25, 0.3) is 0 Å². The van der Waals surface area contributed by atoms with E-state index in [1.807, 2.05) is 0 Å². The van der Waals surface area contributed by atoms with E-state index < -0.39 is 56.0 Å². The van der Waals surface area contributed by atoms with Crippen LogP contribution in [0.3, 0.4) is 0 Å². The number of amides is 1. The third-order valence-corrected chi connectivity index (χ3v) is 5.05. The van der Waals surface area contributed by atoms with Gasteiger partial charge in [-0.25, -0.2) is 13.4 Å². The molecule has 1 amide bonds. The van der Waals surface area contributed by atoms with Crippen molar-refractivity contribution in [3.8, 4) is 5.88 Å². The van der Waals surface area contributed by atoms with E-state index in [1.54, 1.807) is 0 Å². The van der Waals surface area contributed by atoms with Crippen molar-refractivity contribution in [1.82, 2.24) is 9.29 Å². The molecule has 7 nitrogen and oxygen atoms in total. The van der Waals surface area contributed by atoms with Crippen LogP contribution in [0.15, 0.2) is 18.3 Å². The quantitative estimate of drug-likeness (QED) is 0.395. The number of hydrogen-bond acceptors (Lipinski definition) is 5. The first-order valence-corrected chi connectivity index (χ1v) is 8.53. The molecule has 1 aromatic heterocycles. The lowest BCUT2D eigenvalue weighted by Crippen LogP contribution is -2.56. The van der Waals surface area contributed by atoms with E-state index in [-0.39, 0.29) is 5.56 Å². The van der Waals surface area contributed by atoms with Gasteiger partial charge in [-0.3, -0.25) is 4.79 Å². The van der Waals surface area contributed by atoms with Crippen LogP contribution in [0.5, 0.6) is 5.88 Å². The molecule has 15 heteroatoms. The van der Waals surface area contributed by atoms with Gasteiger partial charge in [0.15, 0.2) is 0 Å². The Kier molecular flexibility index (Phi) is 6.60. The molecule has 1 atom stereocenters. The number of carbonyl (C=O) groups is 1. The number of ether oxygens (including phenoxy) is 1. The maximum atomic E-state index is 12.8. The molecule has 0 aliphatic heterocycles. The third-order valence-electron chi connectivity index (χ3n) is 2.93. The van der Waals surface area contributed by atoms with Crippen molar-refractivity contribution in [2.75, 3.05) is 13.2 Å². The van der Waals surface area contributed by atoms with Gasteiger partial charge in [-0.15, -0.1) is 0 Å². The molecule has 1 aromatic rings. The Morgan fingerprint density at radius 1 is 1.30 bits per heavy atom. The summed E-state index contributed by atoms with van der Waals surface area (Å²) < 4.78 is 103. The van der Waals surface area contributed by atoms with Crippen LogP contribution in [0.2, 0.25) is 0 Å². The van der Waals surface area contributed by atoms with Crippen molar-refractivity contribution < 1.29 is 44.3 Å². The van der Waals surface area contributed by atoms with Gasteiger partial charge < -0.3 is 10.5 Å². The number of aromatic nitrogens is 1. The van der Waals surface area contributed by atoms with Crippen molar-refractivity contribution in [3.63, 3.8) is 0 Å². The third kappa shape index (κ3) is 5.84. The molecular formula is C12H12ClF6N3O4S. The van der Waals surface area contributed by atoms with Gasteiger partial charge in [0.05, 0.1) is 0 Å². The minimum Gasteiger partial charge on any atom is -0.474 e. The van der Waals surface area contributed by atoms with Gasteiger partial charge in [0.2, 0.25) is 5.88 Å². The van der Waals surface area contributed by atoms with Crippen LogP contribution in [0.1, 0.15) is 17.3 Å². The first-order valence-electron chi connectivity index (χ1n) is 6.71. The summed E-state index contributed by atoms with van der Waals surface area (Å²) in [5.74, 6) is -1.60. The summed E-state index contributed by atoms with van der Waals surface area (Å²) in [7, 11) is -6.47. The van der Waals surface area contributed by atoms with E-state index in [0.29, 0.717) is 6.92 Å². The number of sulfonamides is 1. The van der Waals surface area contributed by atoms with E-state index >= 15 is 0 Å². The molecule has 1 heterocycles. The van der Waals surface area contributed by atoms with Crippen molar-refractivity contribution in [2.45, 2.75) is 23.6 Å². The second-order valence-electron chi connectivity index (χ2n) is 5.22. The molecule has 0 spiro atoms. The van der Waals surface area contributed by atoms with Crippen LogP contribution in [0, 0.1) is 0 Å². The van der Waals surface area contributed by atoms with Gasteiger partial charge in [0.25, 0.3) is 5.91 Å². The fourth-order valence-corrected chi connectivity index (χ4v) is 3.26. The second-order valence-corrected chi connectivity index (χ2v) is 7.89. The zero-order chi connectivity index (χ0) is 21.3. The standard InChI is InChI=1S/C12H12ClF6N3O4S/c1-10(13,6-26-9-7(8(20)23)3-2-4-21-9)22(5-11(14,15)16)27(24,25)12(17,18)19/h2-4H,5-6H2,1H3,(H2,20,23)/t10-/m1/s1. The maximum absolute atomic E-state index is 12.8. The van der Waals surface area contributed by atoms with Crippen molar-refractivity contribution in [3.05, 3.63) is 23.9 Å². The van der Waals surface area contributed by atoms with Crippen molar-refractivity contribution >= 4 is 27.5 Å². The number of hydrogen-bond donors (Lipinski definition) is 1. The van der Waals surface area contributed by atoms with E-state index in [2.05, 4.69) is 4.98 Å². The zero-order valence-corrected chi connectivity index (χ0v) is 14.9. The molecule has 0 aliphatic carbocycles. The summed E-state index contributed by atoms with van der Waals surface area (Å²) in [6.45, 7) is -3.17. The van der Waals surface area contributed by atoms with Gasteiger partial charge in [0.1, 0.15) is 23.7 Å². The number of halogens is 7. The number of alkyl halides is 7. The van der Waals surface area contributed by atoms with Crippen LogP contribution in [-0.2, 0) is 10.0 Å². The first-order chi connectivity index (χ1) is 12.0. The molecule has 1 rings (SSSR count). The SMILES string of the molecule is C[C@](Cl)(COc1ncccc1C(N)=O)N(CC(F)(F)F)S(=O)(=O)C(F)(F)F. The van der Waals surface area contributed by atoms with E-state index in [1.165, 1.54) is 6.07 Å². The summed E-state index contributed by atoms with van der Waals surface area (Å²) >= 11 is 5.66. The average molecular weight is 444 g/mol. The summed E-state index contributed by atoms with van der Waals surface area (Å²) in [6, 6.07) is 2.38. The van der Waals surface area contributed by atoms with Crippen molar-refractivity contribution in [2.24, 2.45) is 5.73 Å². The second kappa shape index (κ2) is 7.67. The molecule has 0 saturated carbocycles. The molecule has 27 heavy (non-hydrogen) atoms. The maximum Gasteiger partial charge on any atom is 0.511 e. The number of primary amides is 1. The number of pyridine rings is 1. The van der Waals surface area contributed by atoms with Crippen LogP contribution in [0.4, 0.5) is 26.3 Å². The summed E-state index contributed by atoms with van der Waals surface area (Å²) in [4.78, 5) is 11.9. The molecule has 0 radical (unpaired) electrons. The van der Waals surface area contributed by atoms with E-state index in [9.17, 15) is 39.6 Å². The fourth-order valence-electron chi connectivity index (χ4n) is 1.75. The number of rotatable bonds is 7. The zero-order valence-electron chi connectivity index (χ0n) is 13.3. The molecule has 154 valence electrons. The number of carbonyl (C=O) groups excluding carboxylic acids is 1. The highest BCUT2D eigenvalue weighted by atomic mass is 35.5. The molecule has 0 aliphatic rings. The minimum atomic E-state index is -6.47. The highest BCUT2D eigenvalue weighted by Crippen LogP contribution is 2.36. The Bertz CT molecular complexity index is 797. The predicted molar refractivity (Wildman–Crippen MR) is 80.2 cm³/mol. The van der Waals surface area contributed by atoms with E-state index in [4.69, 9.17) is 22.1 Å².